The minimum absolute atomic E-state index is 0.0849. The monoisotopic (exact) mass is 891 g/mol. The van der Waals surface area contributed by atoms with Crippen molar-refractivity contribution < 1.29 is 28.6 Å². The van der Waals surface area contributed by atoms with E-state index in [1.807, 2.05) is 0 Å². The molecule has 6 nitrogen and oxygen atoms in total. The molecular weight excluding hydrogens is 793 g/mol. The first-order valence-electron chi connectivity index (χ1n) is 26.6. The summed E-state index contributed by atoms with van der Waals surface area (Å²) < 4.78 is 16.7. The normalized spacial score (nSPS) is 12.7. The zero-order valence-corrected chi connectivity index (χ0v) is 41.8. The molecule has 0 aromatic rings. The molecule has 0 aromatic heterocycles. The second kappa shape index (κ2) is 52.2. The molecule has 1 atom stereocenters. The van der Waals surface area contributed by atoms with Crippen molar-refractivity contribution in [3.05, 3.63) is 85.1 Å². The summed E-state index contributed by atoms with van der Waals surface area (Å²) in [4.78, 5) is 37.8. The van der Waals surface area contributed by atoms with Crippen LogP contribution in [-0.2, 0) is 28.6 Å². The number of hydrogen-bond acceptors (Lipinski definition) is 6. The first-order chi connectivity index (χ1) is 31.5. The SMILES string of the molecule is CC/C=C\C/C=C\C/C=C\C/C=C\C/C=C\CCCCCCCC(=O)OCC(COC(=O)CCCCCCCC)OC(=O)CCCCCCCCCCC/C=C\C/C=C\CCCCC. The summed E-state index contributed by atoms with van der Waals surface area (Å²) in [6.45, 7) is 6.42. The highest BCUT2D eigenvalue weighted by molar-refractivity contribution is 5.71. The van der Waals surface area contributed by atoms with Gasteiger partial charge in [-0.1, -0.05) is 215 Å². The first kappa shape index (κ1) is 60.6. The summed E-state index contributed by atoms with van der Waals surface area (Å²) in [6, 6.07) is 0. The van der Waals surface area contributed by atoms with Crippen molar-refractivity contribution in [1.82, 2.24) is 0 Å². The van der Waals surface area contributed by atoms with E-state index >= 15 is 0 Å². The fraction of sp³-hybridized carbons (Fsp3) is 0.707. The third-order valence-corrected chi connectivity index (χ3v) is 11.1. The van der Waals surface area contributed by atoms with Crippen molar-refractivity contribution in [3.63, 3.8) is 0 Å². The number of carbonyl (C=O) groups excluding carboxylic acids is 3. The van der Waals surface area contributed by atoms with Crippen LogP contribution in [0.25, 0.3) is 0 Å². The van der Waals surface area contributed by atoms with E-state index in [-0.39, 0.29) is 31.1 Å². The summed E-state index contributed by atoms with van der Waals surface area (Å²) in [7, 11) is 0. The summed E-state index contributed by atoms with van der Waals surface area (Å²) >= 11 is 0. The lowest BCUT2D eigenvalue weighted by molar-refractivity contribution is -0.167. The molecule has 0 heterocycles. The molecule has 0 radical (unpaired) electrons. The molecule has 0 saturated carbocycles. The van der Waals surface area contributed by atoms with Gasteiger partial charge in [-0.15, -0.1) is 0 Å². The second-order valence-electron chi connectivity index (χ2n) is 17.4. The Bertz CT molecular complexity index is 1250. The van der Waals surface area contributed by atoms with E-state index in [4.69, 9.17) is 14.2 Å². The quantitative estimate of drug-likeness (QED) is 0.0262. The van der Waals surface area contributed by atoms with Gasteiger partial charge in [0.2, 0.25) is 0 Å². The molecule has 0 aliphatic carbocycles. The molecule has 0 bridgehead atoms. The molecule has 0 aliphatic heterocycles. The molecule has 0 rings (SSSR count). The van der Waals surface area contributed by atoms with E-state index < -0.39 is 6.10 Å². The average Bonchev–Trinajstić information content (AvgIpc) is 3.29. The van der Waals surface area contributed by atoms with Crippen LogP contribution in [0.4, 0.5) is 0 Å². The van der Waals surface area contributed by atoms with Crippen molar-refractivity contribution >= 4 is 17.9 Å². The van der Waals surface area contributed by atoms with Gasteiger partial charge < -0.3 is 14.2 Å². The third-order valence-electron chi connectivity index (χ3n) is 11.1. The fourth-order valence-corrected chi connectivity index (χ4v) is 7.15. The Balaban J connectivity index is 4.25. The minimum Gasteiger partial charge on any atom is -0.462 e. The van der Waals surface area contributed by atoms with Gasteiger partial charge in [0.15, 0.2) is 6.10 Å². The van der Waals surface area contributed by atoms with E-state index in [1.54, 1.807) is 0 Å². The number of hydrogen-bond donors (Lipinski definition) is 0. The van der Waals surface area contributed by atoms with E-state index in [0.29, 0.717) is 19.3 Å². The highest BCUT2D eigenvalue weighted by Gasteiger charge is 2.19. The van der Waals surface area contributed by atoms with Crippen LogP contribution in [0.15, 0.2) is 85.1 Å². The molecule has 64 heavy (non-hydrogen) atoms. The highest BCUT2D eigenvalue weighted by Crippen LogP contribution is 2.14. The van der Waals surface area contributed by atoms with E-state index in [1.165, 1.54) is 89.9 Å². The molecule has 0 fully saturated rings. The van der Waals surface area contributed by atoms with Gasteiger partial charge in [-0.25, -0.2) is 0 Å². The number of ether oxygens (including phenoxy) is 3. The standard InChI is InChI=1S/C58H98O6/c1-4-7-10-13-16-18-20-22-24-26-28-29-31-32-34-36-38-40-42-45-48-51-57(60)63-54-55(53-62-56(59)50-47-44-15-12-9-6-3)64-58(61)52-49-46-43-41-39-37-35-33-30-27-25-23-21-19-17-14-11-8-5-2/h7,10,16-19,22-25,28-29,32,34,55H,4-6,8-9,11-15,20-21,26-27,30-31,33,35-54H2,1-3H3/b10-7-,18-16-,19-17-,24-22-,25-23-,29-28-,34-32-. The van der Waals surface area contributed by atoms with Crippen LogP contribution in [0.2, 0.25) is 0 Å². The molecule has 0 saturated heterocycles. The van der Waals surface area contributed by atoms with Crippen LogP contribution in [0, 0.1) is 0 Å². The van der Waals surface area contributed by atoms with E-state index in [9.17, 15) is 14.4 Å². The van der Waals surface area contributed by atoms with Crippen LogP contribution in [0.5, 0.6) is 0 Å². The number of rotatable bonds is 47. The van der Waals surface area contributed by atoms with Crippen molar-refractivity contribution in [2.24, 2.45) is 0 Å². The predicted octanol–water partition coefficient (Wildman–Crippen LogP) is 17.6. The number of allylic oxidation sites excluding steroid dienone is 14. The number of esters is 3. The van der Waals surface area contributed by atoms with Gasteiger partial charge in [0, 0.05) is 19.3 Å². The van der Waals surface area contributed by atoms with E-state index in [2.05, 4.69) is 106 Å². The van der Waals surface area contributed by atoms with Crippen molar-refractivity contribution in [1.29, 1.82) is 0 Å². The van der Waals surface area contributed by atoms with Gasteiger partial charge >= 0.3 is 17.9 Å². The lowest BCUT2D eigenvalue weighted by Crippen LogP contribution is -2.30. The molecule has 366 valence electrons. The van der Waals surface area contributed by atoms with Gasteiger partial charge in [-0.05, 0) is 96.3 Å². The molecular formula is C58H98O6. The van der Waals surface area contributed by atoms with Crippen LogP contribution < -0.4 is 0 Å². The summed E-state index contributed by atoms with van der Waals surface area (Å²) in [6.07, 6.45) is 67.3. The van der Waals surface area contributed by atoms with Gasteiger partial charge in [0.05, 0.1) is 0 Å². The maximum absolute atomic E-state index is 12.8. The molecule has 0 amide bonds. The minimum atomic E-state index is -0.784. The number of carbonyl (C=O) groups is 3. The van der Waals surface area contributed by atoms with Crippen molar-refractivity contribution in [2.75, 3.05) is 13.2 Å². The molecule has 0 N–H and O–H groups in total. The van der Waals surface area contributed by atoms with Crippen LogP contribution in [0.3, 0.4) is 0 Å². The Morgan fingerprint density at radius 2 is 0.609 bits per heavy atom. The van der Waals surface area contributed by atoms with Crippen LogP contribution in [0.1, 0.15) is 245 Å². The molecule has 0 spiro atoms. The Morgan fingerprint density at radius 1 is 0.328 bits per heavy atom. The molecule has 0 aliphatic rings. The smallest absolute Gasteiger partial charge is 0.306 e. The van der Waals surface area contributed by atoms with Gasteiger partial charge in [-0.2, -0.15) is 0 Å². The van der Waals surface area contributed by atoms with Crippen molar-refractivity contribution in [2.45, 2.75) is 252 Å². The topological polar surface area (TPSA) is 78.9 Å². The predicted molar refractivity (Wildman–Crippen MR) is 274 cm³/mol. The van der Waals surface area contributed by atoms with Crippen LogP contribution in [-0.4, -0.2) is 37.2 Å². The Labute approximate surface area is 395 Å². The lowest BCUT2D eigenvalue weighted by Gasteiger charge is -2.18. The van der Waals surface area contributed by atoms with E-state index in [0.717, 1.165) is 116 Å². The largest absolute Gasteiger partial charge is 0.462 e. The average molecular weight is 891 g/mol. The Kier molecular flexibility index (Phi) is 49.4. The second-order valence-corrected chi connectivity index (χ2v) is 17.4. The zero-order chi connectivity index (χ0) is 46.5. The molecule has 6 heteroatoms. The first-order valence-corrected chi connectivity index (χ1v) is 26.6. The maximum atomic E-state index is 12.8. The lowest BCUT2D eigenvalue weighted by atomic mass is 10.1. The summed E-state index contributed by atoms with van der Waals surface area (Å²) in [5.41, 5.74) is 0. The number of unbranched alkanes of at least 4 members (excludes halogenated alkanes) is 22. The Hall–Kier alpha value is -3.41. The molecule has 0 aromatic carbocycles. The van der Waals surface area contributed by atoms with Gasteiger partial charge in [0.1, 0.15) is 13.2 Å². The summed E-state index contributed by atoms with van der Waals surface area (Å²) in [5.74, 6) is -0.918. The van der Waals surface area contributed by atoms with Gasteiger partial charge in [-0.3, -0.25) is 14.4 Å². The van der Waals surface area contributed by atoms with Gasteiger partial charge in [0.25, 0.3) is 0 Å². The fourth-order valence-electron chi connectivity index (χ4n) is 7.15. The highest BCUT2D eigenvalue weighted by atomic mass is 16.6. The molecule has 1 unspecified atom stereocenters. The summed E-state index contributed by atoms with van der Waals surface area (Å²) in [5, 5.41) is 0. The van der Waals surface area contributed by atoms with Crippen LogP contribution >= 0.6 is 0 Å². The van der Waals surface area contributed by atoms with Crippen molar-refractivity contribution in [3.8, 4) is 0 Å². The third kappa shape index (κ3) is 49.6. The zero-order valence-electron chi connectivity index (χ0n) is 41.8. The maximum Gasteiger partial charge on any atom is 0.306 e. The Morgan fingerprint density at radius 3 is 0.984 bits per heavy atom.